The third-order valence-electron chi connectivity index (χ3n) is 3.09. The van der Waals surface area contributed by atoms with Gasteiger partial charge in [0.15, 0.2) is 18.1 Å². The number of amides is 1. The van der Waals surface area contributed by atoms with Crippen LogP contribution in [0.4, 0.5) is 0 Å². The second-order valence-corrected chi connectivity index (χ2v) is 5.31. The smallest absolute Gasteiger partial charge is 0.257 e. The van der Waals surface area contributed by atoms with Gasteiger partial charge in [-0.25, -0.2) is 0 Å². The molecule has 0 aliphatic rings. The second-order valence-electron chi connectivity index (χ2n) is 5.31. The lowest BCUT2D eigenvalue weighted by atomic mass is 10.1. The average molecular weight is 294 g/mol. The van der Waals surface area contributed by atoms with Crippen molar-refractivity contribution < 1.29 is 14.3 Å². The third-order valence-corrected chi connectivity index (χ3v) is 3.09. The van der Waals surface area contributed by atoms with Crippen molar-refractivity contribution in [3.63, 3.8) is 0 Å². The Bertz CT molecular complexity index is 447. The lowest BCUT2D eigenvalue weighted by molar-refractivity contribution is -0.123. The summed E-state index contributed by atoms with van der Waals surface area (Å²) in [4.78, 5) is 11.8. The van der Waals surface area contributed by atoms with Gasteiger partial charge in [0.1, 0.15) is 0 Å². The fourth-order valence-corrected chi connectivity index (χ4v) is 1.93. The number of methoxy groups -OCH3 is 1. The van der Waals surface area contributed by atoms with Crippen LogP contribution in [0.2, 0.25) is 0 Å². The highest BCUT2D eigenvalue weighted by Gasteiger charge is 2.12. The third kappa shape index (κ3) is 6.04. The van der Waals surface area contributed by atoms with Crippen molar-refractivity contribution in [2.75, 3.05) is 26.8 Å². The first-order valence-electron chi connectivity index (χ1n) is 7.34. The number of carbonyl (C=O) groups is 1. The highest BCUT2D eigenvalue weighted by atomic mass is 16.5. The molecule has 1 rings (SSSR count). The molecule has 0 saturated carbocycles. The van der Waals surface area contributed by atoms with E-state index in [0.717, 1.165) is 12.0 Å². The largest absolute Gasteiger partial charge is 0.493 e. The topological polar surface area (TPSA) is 73.6 Å². The van der Waals surface area contributed by atoms with Crippen molar-refractivity contribution in [2.24, 2.45) is 11.7 Å². The number of benzene rings is 1. The van der Waals surface area contributed by atoms with E-state index in [1.165, 1.54) is 0 Å². The molecule has 0 aliphatic heterocycles. The van der Waals surface area contributed by atoms with Crippen LogP contribution in [0.1, 0.15) is 25.8 Å². The van der Waals surface area contributed by atoms with Gasteiger partial charge in [-0.2, -0.15) is 0 Å². The van der Waals surface area contributed by atoms with Gasteiger partial charge in [0.2, 0.25) is 0 Å². The molecule has 0 aliphatic carbocycles. The van der Waals surface area contributed by atoms with Crippen LogP contribution < -0.4 is 20.5 Å². The lowest BCUT2D eigenvalue weighted by Gasteiger charge is -2.15. The zero-order chi connectivity index (χ0) is 15.7. The lowest BCUT2D eigenvalue weighted by Crippen LogP contribution is -2.30. The van der Waals surface area contributed by atoms with Gasteiger partial charge in [0.05, 0.1) is 7.11 Å². The molecule has 0 saturated heterocycles. The number of nitrogens with two attached hydrogens (primary N) is 1. The molecular formula is C16H26N2O3. The summed E-state index contributed by atoms with van der Waals surface area (Å²) in [6.45, 7) is 5.41. The van der Waals surface area contributed by atoms with Crippen LogP contribution in [0.5, 0.6) is 11.5 Å². The number of hydrogen-bond acceptors (Lipinski definition) is 4. The van der Waals surface area contributed by atoms with Gasteiger partial charge in [-0.05, 0) is 36.9 Å². The molecule has 1 aromatic carbocycles. The molecule has 1 aromatic rings. The molecule has 5 heteroatoms. The van der Waals surface area contributed by atoms with E-state index in [1.807, 2.05) is 18.2 Å². The first kappa shape index (κ1) is 17.3. The van der Waals surface area contributed by atoms with E-state index in [-0.39, 0.29) is 12.5 Å². The molecule has 0 unspecified atom stereocenters. The van der Waals surface area contributed by atoms with Gasteiger partial charge in [-0.15, -0.1) is 0 Å². The van der Waals surface area contributed by atoms with Crippen molar-refractivity contribution in [3.05, 3.63) is 23.8 Å². The van der Waals surface area contributed by atoms with E-state index < -0.39 is 0 Å². The molecular weight excluding hydrogens is 268 g/mol. The molecule has 3 N–H and O–H groups in total. The zero-order valence-corrected chi connectivity index (χ0v) is 13.1. The van der Waals surface area contributed by atoms with Gasteiger partial charge in [-0.1, -0.05) is 26.0 Å². The van der Waals surface area contributed by atoms with E-state index in [9.17, 15) is 4.79 Å². The first-order chi connectivity index (χ1) is 10.1. The number of rotatable bonds is 9. The monoisotopic (exact) mass is 294 g/mol. The first-order valence-corrected chi connectivity index (χ1v) is 7.34. The van der Waals surface area contributed by atoms with Gasteiger partial charge in [0, 0.05) is 6.54 Å². The molecule has 1 amide bonds. The minimum absolute atomic E-state index is 0.0178. The summed E-state index contributed by atoms with van der Waals surface area (Å²) in [7, 11) is 1.58. The molecule has 0 radical (unpaired) electrons. The van der Waals surface area contributed by atoms with Crippen LogP contribution >= 0.6 is 0 Å². The fourth-order valence-electron chi connectivity index (χ4n) is 1.93. The highest BCUT2D eigenvalue weighted by Crippen LogP contribution is 2.31. The van der Waals surface area contributed by atoms with Gasteiger partial charge >= 0.3 is 0 Å². The molecule has 0 spiro atoms. The van der Waals surface area contributed by atoms with Crippen molar-refractivity contribution in [3.8, 4) is 11.5 Å². The maximum atomic E-state index is 11.8. The van der Waals surface area contributed by atoms with Gasteiger partial charge < -0.3 is 20.5 Å². The van der Waals surface area contributed by atoms with Crippen molar-refractivity contribution >= 4 is 5.91 Å². The number of nitrogens with one attached hydrogen (secondary N) is 1. The Morgan fingerprint density at radius 1 is 1.38 bits per heavy atom. The van der Waals surface area contributed by atoms with Crippen molar-refractivity contribution in [2.45, 2.75) is 26.7 Å². The van der Waals surface area contributed by atoms with Crippen LogP contribution in [-0.4, -0.2) is 32.7 Å². The Labute approximate surface area is 126 Å². The van der Waals surface area contributed by atoms with E-state index in [4.69, 9.17) is 15.2 Å². The number of ether oxygens (including phenoxy) is 2. The van der Waals surface area contributed by atoms with E-state index in [0.29, 0.717) is 36.9 Å². The molecule has 0 fully saturated rings. The van der Waals surface area contributed by atoms with E-state index >= 15 is 0 Å². The minimum Gasteiger partial charge on any atom is -0.493 e. The molecule has 5 nitrogen and oxygen atoms in total. The predicted molar refractivity (Wildman–Crippen MR) is 83.7 cm³/mol. The molecule has 118 valence electrons. The standard InChI is InChI=1S/C16H26N2O3/c1-12(2)8-10-18-15(19)11-21-16-13(7-9-17)5-4-6-14(16)20-3/h4-6,12H,7-11,17H2,1-3H3,(H,18,19). The van der Waals surface area contributed by atoms with Crippen LogP contribution in [-0.2, 0) is 11.2 Å². The molecule has 0 heterocycles. The summed E-state index contributed by atoms with van der Waals surface area (Å²) < 4.78 is 10.9. The Hall–Kier alpha value is -1.75. The van der Waals surface area contributed by atoms with Crippen LogP contribution in [0.15, 0.2) is 18.2 Å². The predicted octanol–water partition coefficient (Wildman–Crippen LogP) is 1.74. The van der Waals surface area contributed by atoms with Crippen molar-refractivity contribution in [1.29, 1.82) is 0 Å². The fraction of sp³-hybridized carbons (Fsp3) is 0.562. The normalized spacial score (nSPS) is 10.5. The maximum Gasteiger partial charge on any atom is 0.257 e. The summed E-state index contributed by atoms with van der Waals surface area (Å²) in [5.74, 6) is 1.66. The number of carbonyl (C=O) groups excluding carboxylic acids is 1. The summed E-state index contributed by atoms with van der Waals surface area (Å²) >= 11 is 0. The summed E-state index contributed by atoms with van der Waals surface area (Å²) in [6, 6.07) is 5.63. The average Bonchev–Trinajstić information content (AvgIpc) is 2.45. The van der Waals surface area contributed by atoms with Crippen LogP contribution in [0.3, 0.4) is 0 Å². The number of hydrogen-bond donors (Lipinski definition) is 2. The van der Waals surface area contributed by atoms with Gasteiger partial charge in [0.25, 0.3) is 5.91 Å². The van der Waals surface area contributed by atoms with E-state index in [1.54, 1.807) is 7.11 Å². The van der Waals surface area contributed by atoms with Crippen LogP contribution in [0, 0.1) is 5.92 Å². The zero-order valence-electron chi connectivity index (χ0n) is 13.1. The summed E-state index contributed by atoms with van der Waals surface area (Å²) in [5.41, 5.74) is 6.55. The Balaban J connectivity index is 2.59. The Kier molecular flexibility index (Phi) is 7.61. The SMILES string of the molecule is COc1cccc(CCN)c1OCC(=O)NCCC(C)C. The highest BCUT2D eigenvalue weighted by molar-refractivity contribution is 5.77. The quantitative estimate of drug-likeness (QED) is 0.727. The molecule has 0 aromatic heterocycles. The van der Waals surface area contributed by atoms with Crippen LogP contribution in [0.25, 0.3) is 0 Å². The van der Waals surface area contributed by atoms with Gasteiger partial charge in [-0.3, -0.25) is 4.79 Å². The summed E-state index contributed by atoms with van der Waals surface area (Å²) in [6.07, 6.45) is 1.64. The molecule has 21 heavy (non-hydrogen) atoms. The molecule has 0 bridgehead atoms. The Morgan fingerprint density at radius 3 is 2.76 bits per heavy atom. The molecule has 0 atom stereocenters. The van der Waals surface area contributed by atoms with Crippen molar-refractivity contribution in [1.82, 2.24) is 5.32 Å². The summed E-state index contributed by atoms with van der Waals surface area (Å²) in [5, 5.41) is 2.84. The van der Waals surface area contributed by atoms with E-state index in [2.05, 4.69) is 19.2 Å². The number of para-hydroxylation sites is 1. The Morgan fingerprint density at radius 2 is 2.14 bits per heavy atom. The minimum atomic E-state index is -0.125. The maximum absolute atomic E-state index is 11.8. The second kappa shape index (κ2) is 9.23.